The van der Waals surface area contributed by atoms with Crippen LogP contribution < -0.4 is 9.47 Å². The number of hydrogen-bond donors (Lipinski definition) is 0. The molecule has 0 saturated heterocycles. The Balaban J connectivity index is 3.09. The Labute approximate surface area is 109 Å². The van der Waals surface area contributed by atoms with E-state index < -0.39 is 0 Å². The number of rotatable bonds is 6. The van der Waals surface area contributed by atoms with Crippen molar-refractivity contribution < 1.29 is 9.47 Å². The summed E-state index contributed by atoms with van der Waals surface area (Å²) in [6.07, 6.45) is 1.01. The van der Waals surface area contributed by atoms with Crippen LogP contribution in [0.15, 0.2) is 18.2 Å². The van der Waals surface area contributed by atoms with E-state index in [-0.39, 0.29) is 6.04 Å². The first-order valence-electron chi connectivity index (χ1n) is 5.99. The Morgan fingerprint density at radius 3 is 2.56 bits per heavy atom. The first-order valence-corrected chi connectivity index (χ1v) is 5.99. The minimum atomic E-state index is -0.300. The molecule has 0 saturated carbocycles. The van der Waals surface area contributed by atoms with Crippen molar-refractivity contribution in [1.82, 2.24) is 4.90 Å². The van der Waals surface area contributed by atoms with E-state index in [9.17, 15) is 5.26 Å². The van der Waals surface area contributed by atoms with E-state index in [1.165, 1.54) is 0 Å². The number of nitriles is 1. The van der Waals surface area contributed by atoms with Gasteiger partial charge in [0.05, 0.1) is 20.3 Å². The van der Waals surface area contributed by atoms with Crippen LogP contribution in [0.1, 0.15) is 24.9 Å². The molecule has 4 nitrogen and oxygen atoms in total. The van der Waals surface area contributed by atoms with Gasteiger partial charge in [-0.15, -0.1) is 0 Å². The molecule has 0 aromatic heterocycles. The molecular weight excluding hydrogens is 228 g/mol. The van der Waals surface area contributed by atoms with Gasteiger partial charge in [-0.25, -0.2) is 0 Å². The van der Waals surface area contributed by atoms with Gasteiger partial charge in [-0.3, -0.25) is 4.90 Å². The average molecular weight is 248 g/mol. The number of hydrogen-bond acceptors (Lipinski definition) is 4. The summed E-state index contributed by atoms with van der Waals surface area (Å²) in [5.74, 6) is 1.41. The smallest absolute Gasteiger partial charge is 0.128 e. The van der Waals surface area contributed by atoms with Crippen LogP contribution >= 0.6 is 0 Å². The molecule has 0 spiro atoms. The van der Waals surface area contributed by atoms with Gasteiger partial charge in [0.15, 0.2) is 0 Å². The zero-order valence-corrected chi connectivity index (χ0v) is 11.4. The molecule has 0 aliphatic carbocycles. The molecule has 0 heterocycles. The second-order valence-electron chi connectivity index (χ2n) is 4.12. The van der Waals surface area contributed by atoms with Crippen LogP contribution in [-0.4, -0.2) is 32.7 Å². The lowest BCUT2D eigenvalue weighted by molar-refractivity contribution is 0.284. The highest BCUT2D eigenvalue weighted by Crippen LogP contribution is 2.31. The van der Waals surface area contributed by atoms with Gasteiger partial charge in [0.1, 0.15) is 17.5 Å². The van der Waals surface area contributed by atoms with Crippen LogP contribution in [0.4, 0.5) is 0 Å². The van der Waals surface area contributed by atoms with Crippen molar-refractivity contribution in [3.05, 3.63) is 23.8 Å². The van der Waals surface area contributed by atoms with Crippen LogP contribution in [-0.2, 0) is 0 Å². The summed E-state index contributed by atoms with van der Waals surface area (Å²) in [6.45, 7) is 2.96. The van der Waals surface area contributed by atoms with E-state index in [4.69, 9.17) is 9.47 Å². The average Bonchev–Trinajstić information content (AvgIpc) is 2.40. The highest BCUT2D eigenvalue weighted by atomic mass is 16.5. The second-order valence-corrected chi connectivity index (χ2v) is 4.12. The second kappa shape index (κ2) is 6.87. The largest absolute Gasteiger partial charge is 0.497 e. The molecule has 1 aromatic carbocycles. The van der Waals surface area contributed by atoms with Crippen molar-refractivity contribution in [2.45, 2.75) is 19.4 Å². The van der Waals surface area contributed by atoms with E-state index in [2.05, 4.69) is 13.0 Å². The number of methoxy groups -OCH3 is 2. The lowest BCUT2D eigenvalue weighted by Gasteiger charge is -2.23. The molecule has 0 N–H and O–H groups in total. The summed E-state index contributed by atoms with van der Waals surface area (Å²) < 4.78 is 10.5. The maximum atomic E-state index is 9.34. The molecule has 18 heavy (non-hydrogen) atoms. The van der Waals surface area contributed by atoms with Gasteiger partial charge in [0.2, 0.25) is 0 Å². The zero-order chi connectivity index (χ0) is 13.5. The van der Waals surface area contributed by atoms with Crippen molar-refractivity contribution in [2.24, 2.45) is 0 Å². The van der Waals surface area contributed by atoms with Crippen LogP contribution in [0.3, 0.4) is 0 Å². The van der Waals surface area contributed by atoms with Crippen LogP contribution in [0.25, 0.3) is 0 Å². The molecule has 1 aromatic rings. The summed E-state index contributed by atoms with van der Waals surface area (Å²) in [5.41, 5.74) is 0.872. The number of benzene rings is 1. The third-order valence-electron chi connectivity index (χ3n) is 2.87. The highest BCUT2D eigenvalue weighted by Gasteiger charge is 2.20. The summed E-state index contributed by atoms with van der Waals surface area (Å²) in [7, 11) is 5.16. The maximum absolute atomic E-state index is 9.34. The SMILES string of the molecule is CCCN(C)C(C#N)c1ccc(OC)cc1OC. The summed E-state index contributed by atoms with van der Waals surface area (Å²) in [6, 6.07) is 7.56. The van der Waals surface area contributed by atoms with Crippen LogP contribution in [0, 0.1) is 11.3 Å². The van der Waals surface area contributed by atoms with E-state index in [0.29, 0.717) is 5.75 Å². The van der Waals surface area contributed by atoms with Crippen molar-refractivity contribution in [2.75, 3.05) is 27.8 Å². The molecule has 1 rings (SSSR count). The third kappa shape index (κ3) is 3.14. The number of nitrogens with zero attached hydrogens (tertiary/aromatic N) is 2. The lowest BCUT2D eigenvalue weighted by atomic mass is 10.0. The van der Waals surface area contributed by atoms with Crippen molar-refractivity contribution in [1.29, 1.82) is 5.26 Å². The van der Waals surface area contributed by atoms with Gasteiger partial charge in [-0.1, -0.05) is 6.92 Å². The normalized spacial score (nSPS) is 12.0. The lowest BCUT2D eigenvalue weighted by Crippen LogP contribution is -2.24. The molecule has 0 radical (unpaired) electrons. The molecule has 0 bridgehead atoms. The third-order valence-corrected chi connectivity index (χ3v) is 2.87. The van der Waals surface area contributed by atoms with Gasteiger partial charge < -0.3 is 9.47 Å². The Morgan fingerprint density at radius 2 is 2.06 bits per heavy atom. The van der Waals surface area contributed by atoms with E-state index >= 15 is 0 Å². The Bertz CT molecular complexity index is 426. The zero-order valence-electron chi connectivity index (χ0n) is 11.4. The van der Waals surface area contributed by atoms with Gasteiger partial charge >= 0.3 is 0 Å². The van der Waals surface area contributed by atoms with Crippen molar-refractivity contribution in [3.63, 3.8) is 0 Å². The first kappa shape index (κ1) is 14.3. The minimum absolute atomic E-state index is 0.300. The maximum Gasteiger partial charge on any atom is 0.128 e. The molecule has 4 heteroatoms. The first-order chi connectivity index (χ1) is 8.67. The molecule has 0 aliphatic rings. The molecule has 0 amide bonds. The number of ether oxygens (including phenoxy) is 2. The van der Waals surface area contributed by atoms with Gasteiger partial charge in [-0.2, -0.15) is 5.26 Å². The van der Waals surface area contributed by atoms with Crippen molar-refractivity contribution >= 4 is 0 Å². The quantitative estimate of drug-likeness (QED) is 0.776. The Hall–Kier alpha value is -1.73. The fraction of sp³-hybridized carbons (Fsp3) is 0.500. The molecule has 0 fully saturated rings. The summed E-state index contributed by atoms with van der Waals surface area (Å²) >= 11 is 0. The standard InChI is InChI=1S/C14H20N2O2/c1-5-8-16(2)13(10-15)12-7-6-11(17-3)9-14(12)18-4/h6-7,9,13H,5,8H2,1-4H3. The highest BCUT2D eigenvalue weighted by molar-refractivity contribution is 5.44. The van der Waals surface area contributed by atoms with Crippen LogP contribution in [0.2, 0.25) is 0 Å². The summed E-state index contributed by atoms with van der Waals surface area (Å²) in [4.78, 5) is 2.02. The topological polar surface area (TPSA) is 45.5 Å². The van der Waals surface area contributed by atoms with E-state index in [1.807, 2.05) is 24.1 Å². The predicted molar refractivity (Wildman–Crippen MR) is 70.8 cm³/mol. The molecular formula is C14H20N2O2. The van der Waals surface area contributed by atoms with E-state index in [1.54, 1.807) is 20.3 Å². The Kier molecular flexibility index (Phi) is 5.47. The summed E-state index contributed by atoms with van der Waals surface area (Å²) in [5, 5.41) is 9.34. The molecule has 1 unspecified atom stereocenters. The fourth-order valence-electron chi connectivity index (χ4n) is 1.93. The molecule has 1 atom stereocenters. The van der Waals surface area contributed by atoms with Gasteiger partial charge in [0.25, 0.3) is 0 Å². The van der Waals surface area contributed by atoms with Gasteiger partial charge in [-0.05, 0) is 32.1 Å². The van der Waals surface area contributed by atoms with Crippen LogP contribution in [0.5, 0.6) is 11.5 Å². The van der Waals surface area contributed by atoms with Crippen molar-refractivity contribution in [3.8, 4) is 17.6 Å². The van der Waals surface area contributed by atoms with Gasteiger partial charge in [0, 0.05) is 11.6 Å². The minimum Gasteiger partial charge on any atom is -0.497 e. The molecule has 0 aliphatic heterocycles. The fourth-order valence-corrected chi connectivity index (χ4v) is 1.93. The van der Waals surface area contributed by atoms with E-state index in [0.717, 1.165) is 24.3 Å². The Morgan fingerprint density at radius 1 is 1.33 bits per heavy atom. The predicted octanol–water partition coefficient (Wildman–Crippen LogP) is 2.61. The monoisotopic (exact) mass is 248 g/mol. The molecule has 98 valence electrons.